The fraction of sp³-hybridized carbons (Fsp3) is 0.733. The Kier molecular flexibility index (Phi) is 4.82. The summed E-state index contributed by atoms with van der Waals surface area (Å²) in [6, 6.07) is 5.15. The topological polar surface area (TPSA) is 15.3 Å². The number of nitrogens with one attached hydrogen (secondary N) is 1. The van der Waals surface area contributed by atoms with Crippen molar-refractivity contribution in [1.82, 2.24) is 10.2 Å². The summed E-state index contributed by atoms with van der Waals surface area (Å²) in [5, 5.41) is 5.83. The highest BCUT2D eigenvalue weighted by molar-refractivity contribution is 7.09. The maximum Gasteiger partial charge on any atom is 0.0221 e. The van der Waals surface area contributed by atoms with Crippen LogP contribution in [0.15, 0.2) is 17.5 Å². The highest BCUT2D eigenvalue weighted by Gasteiger charge is 2.25. The molecule has 1 aromatic heterocycles. The second kappa shape index (κ2) is 6.18. The fourth-order valence-electron chi connectivity index (χ4n) is 2.55. The van der Waals surface area contributed by atoms with Gasteiger partial charge in [-0.05, 0) is 58.0 Å². The van der Waals surface area contributed by atoms with Crippen molar-refractivity contribution in [2.24, 2.45) is 0 Å². The summed E-state index contributed by atoms with van der Waals surface area (Å²) in [7, 11) is 0. The molecule has 1 aromatic rings. The first-order valence-corrected chi connectivity index (χ1v) is 7.94. The zero-order valence-corrected chi connectivity index (χ0v) is 12.7. The molecule has 18 heavy (non-hydrogen) atoms. The van der Waals surface area contributed by atoms with Gasteiger partial charge in [0.15, 0.2) is 0 Å². The Hall–Kier alpha value is -0.380. The van der Waals surface area contributed by atoms with Crippen molar-refractivity contribution in [1.29, 1.82) is 0 Å². The van der Waals surface area contributed by atoms with Crippen molar-refractivity contribution in [3.8, 4) is 0 Å². The molecule has 0 amide bonds. The summed E-state index contributed by atoms with van der Waals surface area (Å²) >= 11 is 1.88. The highest BCUT2D eigenvalue weighted by Crippen LogP contribution is 2.19. The van der Waals surface area contributed by atoms with Crippen LogP contribution in [-0.4, -0.2) is 36.1 Å². The van der Waals surface area contributed by atoms with Crippen molar-refractivity contribution < 1.29 is 0 Å². The van der Waals surface area contributed by atoms with Gasteiger partial charge in [-0.1, -0.05) is 6.07 Å². The standard InChI is InChI=1S/C15H26N2S/c1-15(2,3)16-12-13-6-4-9-17(13)10-8-14-7-5-11-18-14/h5,7,11,13,16H,4,6,8-10,12H2,1-3H3. The molecule has 1 aliphatic rings. The van der Waals surface area contributed by atoms with E-state index in [2.05, 4.69) is 48.5 Å². The minimum absolute atomic E-state index is 0.238. The SMILES string of the molecule is CC(C)(C)NCC1CCCN1CCc1cccs1. The quantitative estimate of drug-likeness (QED) is 0.881. The smallest absolute Gasteiger partial charge is 0.0221 e. The Morgan fingerprint density at radius 1 is 1.44 bits per heavy atom. The molecule has 3 heteroatoms. The summed E-state index contributed by atoms with van der Waals surface area (Å²) in [6.45, 7) is 10.4. The van der Waals surface area contributed by atoms with E-state index < -0.39 is 0 Å². The molecule has 0 aromatic carbocycles. The van der Waals surface area contributed by atoms with Crippen molar-refractivity contribution in [3.63, 3.8) is 0 Å². The fourth-order valence-corrected chi connectivity index (χ4v) is 3.25. The van der Waals surface area contributed by atoms with Gasteiger partial charge in [-0.2, -0.15) is 0 Å². The van der Waals surface area contributed by atoms with E-state index in [0.717, 1.165) is 12.6 Å². The Morgan fingerprint density at radius 2 is 2.28 bits per heavy atom. The zero-order chi connectivity index (χ0) is 13.0. The van der Waals surface area contributed by atoms with E-state index in [-0.39, 0.29) is 5.54 Å². The number of nitrogens with zero attached hydrogens (tertiary/aromatic N) is 1. The maximum atomic E-state index is 3.65. The van der Waals surface area contributed by atoms with E-state index in [9.17, 15) is 0 Å². The molecule has 1 aliphatic heterocycles. The first-order chi connectivity index (χ1) is 8.54. The van der Waals surface area contributed by atoms with Crippen molar-refractivity contribution in [2.75, 3.05) is 19.6 Å². The monoisotopic (exact) mass is 266 g/mol. The van der Waals surface area contributed by atoms with Crippen molar-refractivity contribution >= 4 is 11.3 Å². The minimum atomic E-state index is 0.238. The van der Waals surface area contributed by atoms with Crippen LogP contribution in [-0.2, 0) is 6.42 Å². The predicted octanol–water partition coefficient (Wildman–Crippen LogP) is 3.14. The third-order valence-corrected chi connectivity index (χ3v) is 4.53. The second-order valence-corrected chi connectivity index (χ2v) is 7.32. The molecule has 0 spiro atoms. The van der Waals surface area contributed by atoms with Crippen LogP contribution >= 0.6 is 11.3 Å². The first-order valence-electron chi connectivity index (χ1n) is 7.06. The molecule has 0 aliphatic carbocycles. The van der Waals surface area contributed by atoms with Gasteiger partial charge < -0.3 is 5.32 Å². The van der Waals surface area contributed by atoms with Crippen LogP contribution in [0, 0.1) is 0 Å². The summed E-state index contributed by atoms with van der Waals surface area (Å²) in [5.74, 6) is 0. The number of hydrogen-bond acceptors (Lipinski definition) is 3. The third kappa shape index (κ3) is 4.38. The Balaban J connectivity index is 1.76. The number of hydrogen-bond donors (Lipinski definition) is 1. The molecule has 2 nitrogen and oxygen atoms in total. The lowest BCUT2D eigenvalue weighted by Crippen LogP contribution is -2.45. The minimum Gasteiger partial charge on any atom is -0.311 e. The Morgan fingerprint density at radius 3 is 2.94 bits per heavy atom. The highest BCUT2D eigenvalue weighted by atomic mass is 32.1. The second-order valence-electron chi connectivity index (χ2n) is 6.29. The van der Waals surface area contributed by atoms with Crippen LogP contribution in [0.3, 0.4) is 0 Å². The van der Waals surface area contributed by atoms with Gasteiger partial charge in [-0.3, -0.25) is 4.90 Å². The van der Waals surface area contributed by atoms with Crippen molar-refractivity contribution in [2.45, 2.75) is 51.6 Å². The number of thiophene rings is 1. The molecule has 2 heterocycles. The van der Waals surface area contributed by atoms with Crippen molar-refractivity contribution in [3.05, 3.63) is 22.4 Å². The molecule has 2 rings (SSSR count). The Labute approximate surface area is 115 Å². The van der Waals surface area contributed by atoms with Gasteiger partial charge in [0.25, 0.3) is 0 Å². The van der Waals surface area contributed by atoms with Crippen LogP contribution < -0.4 is 5.32 Å². The largest absolute Gasteiger partial charge is 0.311 e. The molecule has 1 N–H and O–H groups in total. The summed E-state index contributed by atoms with van der Waals surface area (Å²) in [6.07, 6.45) is 3.93. The molecule has 0 saturated carbocycles. The molecule has 102 valence electrons. The van der Waals surface area contributed by atoms with E-state index in [1.54, 1.807) is 0 Å². The molecule has 0 bridgehead atoms. The van der Waals surface area contributed by atoms with E-state index in [4.69, 9.17) is 0 Å². The lowest BCUT2D eigenvalue weighted by atomic mass is 10.1. The van der Waals surface area contributed by atoms with Crippen LogP contribution in [0.25, 0.3) is 0 Å². The Bertz CT molecular complexity index is 340. The normalized spacial score (nSPS) is 21.6. The molecule has 1 unspecified atom stereocenters. The summed E-state index contributed by atoms with van der Waals surface area (Å²) in [4.78, 5) is 4.18. The van der Waals surface area contributed by atoms with E-state index in [1.165, 1.54) is 37.2 Å². The molecule has 0 radical (unpaired) electrons. The molecular formula is C15H26N2S. The van der Waals surface area contributed by atoms with Gasteiger partial charge in [-0.15, -0.1) is 11.3 Å². The van der Waals surface area contributed by atoms with Crippen LogP contribution in [0.4, 0.5) is 0 Å². The van der Waals surface area contributed by atoms with Gasteiger partial charge in [0.05, 0.1) is 0 Å². The lowest BCUT2D eigenvalue weighted by Gasteiger charge is -2.28. The van der Waals surface area contributed by atoms with Gasteiger partial charge in [0.1, 0.15) is 0 Å². The average Bonchev–Trinajstić information content (AvgIpc) is 2.94. The molecular weight excluding hydrogens is 240 g/mol. The average molecular weight is 266 g/mol. The van der Waals surface area contributed by atoms with Crippen LogP contribution in [0.5, 0.6) is 0 Å². The first kappa shape index (κ1) is 14.0. The van der Waals surface area contributed by atoms with E-state index in [1.807, 2.05) is 11.3 Å². The summed E-state index contributed by atoms with van der Waals surface area (Å²) < 4.78 is 0. The van der Waals surface area contributed by atoms with Gasteiger partial charge in [0.2, 0.25) is 0 Å². The van der Waals surface area contributed by atoms with E-state index in [0.29, 0.717) is 0 Å². The molecule has 1 saturated heterocycles. The molecule has 1 atom stereocenters. The van der Waals surface area contributed by atoms with Crippen LogP contribution in [0.2, 0.25) is 0 Å². The number of likely N-dealkylation sites (tertiary alicyclic amines) is 1. The predicted molar refractivity (Wildman–Crippen MR) is 80.4 cm³/mol. The molecule has 1 fully saturated rings. The van der Waals surface area contributed by atoms with E-state index >= 15 is 0 Å². The maximum absolute atomic E-state index is 3.65. The van der Waals surface area contributed by atoms with Gasteiger partial charge >= 0.3 is 0 Å². The van der Waals surface area contributed by atoms with Crippen LogP contribution in [0.1, 0.15) is 38.5 Å². The number of rotatable bonds is 5. The summed E-state index contributed by atoms with van der Waals surface area (Å²) in [5.41, 5.74) is 0.238. The lowest BCUT2D eigenvalue weighted by molar-refractivity contribution is 0.236. The zero-order valence-electron chi connectivity index (χ0n) is 11.9. The third-order valence-electron chi connectivity index (χ3n) is 3.59. The van der Waals surface area contributed by atoms with Gasteiger partial charge in [0, 0.05) is 29.5 Å². The van der Waals surface area contributed by atoms with Gasteiger partial charge in [-0.25, -0.2) is 0 Å².